The van der Waals surface area contributed by atoms with Crippen LogP contribution in [0.4, 0.5) is 30.7 Å². The number of hydrogen-bond acceptors (Lipinski definition) is 3. The van der Waals surface area contributed by atoms with Crippen LogP contribution in [-0.2, 0) is 14.3 Å². The van der Waals surface area contributed by atoms with Gasteiger partial charge in [0.15, 0.2) is 7.38 Å². The molecular weight excluding hydrogens is 365 g/mol. The summed E-state index contributed by atoms with van der Waals surface area (Å²) in [6.45, 7) is 1.51. The van der Waals surface area contributed by atoms with Crippen molar-refractivity contribution in [2.24, 2.45) is 0 Å². The summed E-state index contributed by atoms with van der Waals surface area (Å²) in [4.78, 5) is 11.0. The minimum atomic E-state index is -6.38. The summed E-state index contributed by atoms with van der Waals surface area (Å²) in [5, 5.41) is 0. The summed E-state index contributed by atoms with van der Waals surface area (Å²) >= 11 is 5.94. The van der Waals surface area contributed by atoms with Gasteiger partial charge >= 0.3 is 24.2 Å². The van der Waals surface area contributed by atoms with Crippen molar-refractivity contribution in [1.82, 2.24) is 0 Å². The number of halogens is 8. The van der Waals surface area contributed by atoms with E-state index in [-0.39, 0.29) is 13.0 Å². The molecule has 22 heavy (non-hydrogen) atoms. The molecule has 0 heterocycles. The number of rotatable bonds is 7. The largest absolute Gasteiger partial charge is 0.464 e. The summed E-state index contributed by atoms with van der Waals surface area (Å²) in [6, 6.07) is 0.515. The summed E-state index contributed by atoms with van der Waals surface area (Å²) in [6.07, 6.45) is -12.5. The van der Waals surface area contributed by atoms with Crippen molar-refractivity contribution in [3.8, 4) is 0 Å². The van der Waals surface area contributed by atoms with Gasteiger partial charge in [-0.05, 0) is 12.5 Å². The van der Waals surface area contributed by atoms with Crippen molar-refractivity contribution in [3.63, 3.8) is 0 Å². The van der Waals surface area contributed by atoms with Crippen molar-refractivity contribution < 1.29 is 45.0 Å². The van der Waals surface area contributed by atoms with Gasteiger partial charge in [-0.15, -0.1) is 0 Å². The van der Waals surface area contributed by atoms with Crippen LogP contribution in [0.3, 0.4) is 0 Å². The Bertz CT molecular complexity index is 364. The van der Waals surface area contributed by atoms with Gasteiger partial charge < -0.3 is 9.47 Å². The lowest BCUT2D eigenvalue weighted by Gasteiger charge is -2.29. The minimum Gasteiger partial charge on any atom is -0.464 e. The third kappa shape index (κ3) is 6.69. The molecule has 0 bridgehead atoms. The van der Waals surface area contributed by atoms with E-state index in [1.807, 2.05) is 0 Å². The van der Waals surface area contributed by atoms with Gasteiger partial charge in [-0.3, -0.25) is 0 Å². The topological polar surface area (TPSA) is 35.5 Å². The molecule has 3 nitrogen and oxygen atoms in total. The maximum atomic E-state index is 13.0. The zero-order chi connectivity index (χ0) is 17.8. The molecule has 0 aliphatic heterocycles. The third-order valence-corrected chi connectivity index (χ3v) is 4.41. The Hall–Kier alpha value is -0.553. The van der Waals surface area contributed by atoms with Crippen molar-refractivity contribution in [2.45, 2.75) is 43.8 Å². The first-order chi connectivity index (χ1) is 9.60. The first kappa shape index (κ1) is 21.4. The second kappa shape index (κ2) is 7.34. The van der Waals surface area contributed by atoms with Crippen LogP contribution in [0.5, 0.6) is 0 Å². The predicted octanol–water partition coefficient (Wildman–Crippen LogP) is 4.17. The fraction of sp³-hybridized carbons (Fsp3) is 0.900. The monoisotopic (exact) mass is 378 g/mol. The van der Waals surface area contributed by atoms with E-state index in [0.717, 1.165) is 0 Å². The molecule has 0 rings (SSSR count). The molecule has 0 fully saturated rings. The van der Waals surface area contributed by atoms with Crippen LogP contribution in [0.15, 0.2) is 0 Å². The summed E-state index contributed by atoms with van der Waals surface area (Å²) in [5.41, 5.74) is 0. The highest BCUT2D eigenvalue weighted by molar-refractivity contribution is 7.19. The fourth-order valence-electron chi connectivity index (χ4n) is 1.20. The molecule has 0 aliphatic carbocycles. The Morgan fingerprint density at radius 3 is 1.86 bits per heavy atom. The van der Waals surface area contributed by atoms with E-state index in [9.17, 15) is 35.5 Å². The van der Waals surface area contributed by atoms with Crippen LogP contribution in [0.2, 0.25) is 19.1 Å². The van der Waals surface area contributed by atoms with Crippen LogP contribution in [-0.4, -0.2) is 44.8 Å². The Kier molecular flexibility index (Phi) is 7.16. The highest BCUT2D eigenvalue weighted by atomic mass is 35.6. The van der Waals surface area contributed by atoms with E-state index in [1.165, 1.54) is 0 Å². The number of esters is 1. The average molecular weight is 379 g/mol. The summed E-state index contributed by atoms with van der Waals surface area (Å²) in [5.74, 6) is -7.46. The molecule has 0 unspecified atom stereocenters. The van der Waals surface area contributed by atoms with Gasteiger partial charge in [-0.25, -0.2) is 4.79 Å². The highest BCUT2D eigenvalue weighted by Gasteiger charge is 2.74. The number of ether oxygens (including phenoxy) is 2. The first-order valence-electron chi connectivity index (χ1n) is 5.91. The van der Waals surface area contributed by atoms with Gasteiger partial charge in [0.2, 0.25) is 0 Å². The summed E-state index contributed by atoms with van der Waals surface area (Å²) < 4.78 is 93.1. The van der Waals surface area contributed by atoms with E-state index in [1.54, 1.807) is 13.1 Å². The number of carbonyl (C=O) groups is 1. The second-order valence-electron chi connectivity index (χ2n) is 4.92. The van der Waals surface area contributed by atoms with Gasteiger partial charge in [0.1, 0.15) is 6.61 Å². The highest BCUT2D eigenvalue weighted by Crippen LogP contribution is 2.46. The van der Waals surface area contributed by atoms with Crippen LogP contribution in [0.1, 0.15) is 6.42 Å². The molecule has 0 amide bonds. The van der Waals surface area contributed by atoms with Crippen molar-refractivity contribution in [2.75, 3.05) is 13.2 Å². The van der Waals surface area contributed by atoms with E-state index in [4.69, 9.17) is 11.1 Å². The molecule has 12 heteroatoms. The van der Waals surface area contributed by atoms with E-state index in [0.29, 0.717) is 6.04 Å². The van der Waals surface area contributed by atoms with Gasteiger partial charge in [0.25, 0.3) is 0 Å². The molecule has 0 aliphatic rings. The van der Waals surface area contributed by atoms with Crippen LogP contribution >= 0.6 is 11.1 Å². The van der Waals surface area contributed by atoms with E-state index < -0.39 is 38.2 Å². The van der Waals surface area contributed by atoms with Gasteiger partial charge in [-0.1, -0.05) is 13.1 Å². The Labute approximate surface area is 127 Å². The van der Waals surface area contributed by atoms with E-state index in [2.05, 4.69) is 9.47 Å². The maximum Gasteiger partial charge on any atom is 0.458 e. The molecule has 0 N–H and O–H groups in total. The lowest BCUT2D eigenvalue weighted by Crippen LogP contribution is -2.55. The Balaban J connectivity index is 4.43. The Morgan fingerprint density at radius 1 is 1.05 bits per heavy atom. The molecule has 132 valence electrons. The van der Waals surface area contributed by atoms with Crippen LogP contribution < -0.4 is 0 Å². The average Bonchev–Trinajstić information content (AvgIpc) is 2.27. The first-order valence-corrected chi connectivity index (χ1v) is 10.1. The zero-order valence-corrected chi connectivity index (χ0v) is 13.3. The van der Waals surface area contributed by atoms with Gasteiger partial charge in [0.05, 0.1) is 6.61 Å². The standard InChI is InChI=1S/C10H14ClF7O3Si/c1-22(2,11)5-3-4-20-7(19)6-21-8(12,9(13,14)15)10(16,17)18/h3-6H2,1-2H3. The molecule has 0 aromatic heterocycles. The smallest absolute Gasteiger partial charge is 0.458 e. The number of alkyl halides is 7. The molecule has 0 radical (unpaired) electrons. The maximum absolute atomic E-state index is 13.0. The fourth-order valence-corrected chi connectivity index (χ4v) is 2.59. The lowest BCUT2D eigenvalue weighted by molar-refractivity contribution is -0.428. The lowest BCUT2D eigenvalue weighted by atomic mass is 10.3. The Morgan fingerprint density at radius 2 is 1.50 bits per heavy atom. The van der Waals surface area contributed by atoms with Crippen LogP contribution in [0, 0.1) is 0 Å². The molecule has 0 aromatic rings. The van der Waals surface area contributed by atoms with Gasteiger partial charge in [-0.2, -0.15) is 41.8 Å². The SMILES string of the molecule is C[Si](C)(Cl)CCCOC(=O)COC(F)(C(F)(F)F)C(F)(F)F. The van der Waals surface area contributed by atoms with Gasteiger partial charge in [0, 0.05) is 0 Å². The quantitative estimate of drug-likeness (QED) is 0.219. The second-order valence-corrected chi connectivity index (χ2v) is 11.9. The van der Waals surface area contributed by atoms with Crippen LogP contribution in [0.25, 0.3) is 0 Å². The molecular formula is C10H14ClF7O3Si. The molecule has 0 saturated heterocycles. The molecule has 0 aromatic carbocycles. The number of carbonyl (C=O) groups excluding carboxylic acids is 1. The molecule has 0 atom stereocenters. The minimum absolute atomic E-state index is 0.261. The normalized spacial score (nSPS) is 14.1. The summed E-state index contributed by atoms with van der Waals surface area (Å²) in [7, 11) is -1.94. The predicted molar refractivity (Wildman–Crippen MR) is 65.6 cm³/mol. The third-order valence-electron chi connectivity index (χ3n) is 2.30. The molecule has 0 spiro atoms. The molecule has 0 saturated carbocycles. The van der Waals surface area contributed by atoms with Crippen molar-refractivity contribution in [1.29, 1.82) is 0 Å². The number of hydrogen-bond donors (Lipinski definition) is 0. The van der Waals surface area contributed by atoms with Crippen molar-refractivity contribution >= 4 is 24.4 Å². The zero-order valence-electron chi connectivity index (χ0n) is 11.6. The van der Waals surface area contributed by atoms with E-state index >= 15 is 0 Å². The van der Waals surface area contributed by atoms with Crippen molar-refractivity contribution in [3.05, 3.63) is 0 Å².